The second-order valence-corrected chi connectivity index (χ2v) is 6.72. The van der Waals surface area contributed by atoms with Crippen LogP contribution in [0.5, 0.6) is 0 Å². The van der Waals surface area contributed by atoms with Gasteiger partial charge in [-0.05, 0) is 12.1 Å². The van der Waals surface area contributed by atoms with E-state index < -0.39 is 23.6 Å². The number of aliphatic hydroxyl groups is 1. The van der Waals surface area contributed by atoms with Crippen molar-refractivity contribution >= 4 is 35.3 Å². The summed E-state index contributed by atoms with van der Waals surface area (Å²) < 4.78 is 15.0. The third kappa shape index (κ3) is 4.87. The zero-order valence-electron chi connectivity index (χ0n) is 15.8. The number of carboxylic acids is 1. The monoisotopic (exact) mass is 445 g/mol. The van der Waals surface area contributed by atoms with E-state index in [1.54, 1.807) is 18.2 Å². The molecule has 2 heterocycles. The van der Waals surface area contributed by atoms with Gasteiger partial charge in [0.1, 0.15) is 11.6 Å². The van der Waals surface area contributed by atoms with Crippen molar-refractivity contribution < 1.29 is 19.4 Å². The Labute approximate surface area is 180 Å². The molecule has 0 aliphatic carbocycles. The van der Waals surface area contributed by atoms with Gasteiger partial charge in [-0.15, -0.1) is 0 Å². The van der Waals surface area contributed by atoms with Gasteiger partial charge >= 0.3 is 5.97 Å². The van der Waals surface area contributed by atoms with Crippen molar-refractivity contribution in [2.45, 2.75) is 12.8 Å². The third-order valence-corrected chi connectivity index (χ3v) is 4.61. The average Bonchev–Trinajstić information content (AvgIpc) is 2.74. The largest absolute Gasteiger partial charge is 0.478 e. The Morgan fingerprint density at radius 3 is 2.77 bits per heavy atom. The zero-order valence-corrected chi connectivity index (χ0v) is 16.6. The van der Waals surface area contributed by atoms with Crippen LogP contribution in [0.15, 0.2) is 53.6 Å². The van der Waals surface area contributed by atoms with E-state index in [0.717, 1.165) is 10.8 Å². The highest BCUT2D eigenvalue weighted by atomic mass is 35.5. The van der Waals surface area contributed by atoms with Crippen molar-refractivity contribution in [1.29, 1.82) is 5.41 Å². The first-order valence-corrected chi connectivity index (χ1v) is 9.26. The molecule has 0 radical (unpaired) electrons. The van der Waals surface area contributed by atoms with Crippen LogP contribution in [0.4, 0.5) is 15.9 Å². The van der Waals surface area contributed by atoms with E-state index in [9.17, 15) is 19.1 Å². The van der Waals surface area contributed by atoms with Crippen LogP contribution < -0.4 is 16.2 Å². The number of aromatic nitrogens is 2. The first kappa shape index (κ1) is 21.9. The van der Waals surface area contributed by atoms with E-state index >= 15 is 0 Å². The molecule has 11 heteroatoms. The number of carbonyl (C=O) groups is 1. The Hall–Kier alpha value is -3.76. The van der Waals surface area contributed by atoms with Gasteiger partial charge in [0.2, 0.25) is 6.23 Å². The third-order valence-electron chi connectivity index (χ3n) is 4.31. The zero-order chi connectivity index (χ0) is 22.5. The minimum absolute atomic E-state index is 0.00629. The van der Waals surface area contributed by atoms with Crippen molar-refractivity contribution in [3.63, 3.8) is 0 Å². The number of halogens is 2. The molecule has 0 aliphatic heterocycles. The van der Waals surface area contributed by atoms with Gasteiger partial charge in [0.15, 0.2) is 0 Å². The molecule has 1 aromatic carbocycles. The topological polar surface area (TPSA) is 140 Å². The van der Waals surface area contributed by atoms with Gasteiger partial charge < -0.3 is 26.3 Å². The van der Waals surface area contributed by atoms with Crippen LogP contribution in [-0.4, -0.2) is 38.2 Å². The molecule has 3 rings (SSSR count). The van der Waals surface area contributed by atoms with E-state index in [2.05, 4.69) is 15.6 Å². The molecule has 2 aromatic heterocycles. The highest BCUT2D eigenvalue weighted by molar-refractivity contribution is 6.32. The smallest absolute Gasteiger partial charge is 0.353 e. The molecule has 5 N–H and O–H groups in total. The van der Waals surface area contributed by atoms with Gasteiger partial charge in [0.05, 0.1) is 28.2 Å². The Balaban J connectivity index is 1.95. The normalized spacial score (nSPS) is 11.6. The van der Waals surface area contributed by atoms with Crippen LogP contribution >= 0.6 is 11.6 Å². The summed E-state index contributed by atoms with van der Waals surface area (Å²) in [5.74, 6) is -1.93. The number of anilines is 2. The number of benzene rings is 1. The fourth-order valence-corrected chi connectivity index (χ4v) is 2.95. The Bertz CT molecular complexity index is 1200. The Morgan fingerprint density at radius 2 is 2.10 bits per heavy atom. The summed E-state index contributed by atoms with van der Waals surface area (Å²) in [5, 5.41) is 31.2. The lowest BCUT2D eigenvalue weighted by Gasteiger charge is -2.15. The van der Waals surface area contributed by atoms with Gasteiger partial charge in [-0.2, -0.15) is 0 Å². The van der Waals surface area contributed by atoms with Gasteiger partial charge in [0.25, 0.3) is 5.56 Å². The van der Waals surface area contributed by atoms with Gasteiger partial charge in [-0.1, -0.05) is 29.8 Å². The van der Waals surface area contributed by atoms with Crippen molar-refractivity contribution in [1.82, 2.24) is 9.55 Å². The molecule has 0 spiro atoms. The molecule has 160 valence electrons. The predicted octanol–water partition coefficient (Wildman–Crippen LogP) is 2.45. The van der Waals surface area contributed by atoms with E-state index in [1.807, 2.05) is 0 Å². The summed E-state index contributed by atoms with van der Waals surface area (Å²) in [6.07, 6.45) is 1.55. The maximum absolute atomic E-state index is 13.8. The summed E-state index contributed by atoms with van der Waals surface area (Å²) in [7, 11) is 0. The highest BCUT2D eigenvalue weighted by Crippen LogP contribution is 2.23. The predicted molar refractivity (Wildman–Crippen MR) is 114 cm³/mol. The van der Waals surface area contributed by atoms with Crippen LogP contribution in [0.25, 0.3) is 5.69 Å². The number of nitrogens with zero attached hydrogens (tertiary/aromatic N) is 2. The number of aliphatic hydroxyl groups excluding tert-OH is 1. The average molecular weight is 446 g/mol. The van der Waals surface area contributed by atoms with E-state index in [1.165, 1.54) is 30.6 Å². The van der Waals surface area contributed by atoms with Crippen molar-refractivity contribution in [2.24, 2.45) is 0 Å². The maximum atomic E-state index is 13.8. The van der Waals surface area contributed by atoms with E-state index in [-0.39, 0.29) is 28.6 Å². The van der Waals surface area contributed by atoms with Gasteiger partial charge in [-0.25, -0.2) is 14.2 Å². The number of rotatable bonds is 8. The molecule has 3 aromatic rings. The fourth-order valence-electron chi connectivity index (χ4n) is 2.76. The van der Waals surface area contributed by atoms with Crippen LogP contribution in [0.3, 0.4) is 0 Å². The van der Waals surface area contributed by atoms with E-state index in [0.29, 0.717) is 11.3 Å². The number of pyridine rings is 2. The number of nitrogens with one attached hydrogen (secondary N) is 3. The maximum Gasteiger partial charge on any atom is 0.353 e. The highest BCUT2D eigenvalue weighted by Gasteiger charge is 2.16. The van der Waals surface area contributed by atoms with E-state index in [4.69, 9.17) is 22.1 Å². The first-order valence-electron chi connectivity index (χ1n) is 8.88. The molecule has 0 aliphatic rings. The fraction of sp³-hybridized carbons (Fsp3) is 0.100. The summed E-state index contributed by atoms with van der Waals surface area (Å²) in [5.41, 5.74) is 0.292. The molecule has 1 atom stereocenters. The number of carboxylic acid groups (broad SMARTS) is 1. The molecule has 0 unspecified atom stereocenters. The number of aliphatic carboxylic acids is 1. The van der Waals surface area contributed by atoms with Crippen LogP contribution in [0.2, 0.25) is 5.02 Å². The first-order chi connectivity index (χ1) is 14.8. The molecule has 0 bridgehead atoms. The molecule has 31 heavy (non-hydrogen) atoms. The minimum Gasteiger partial charge on any atom is -0.478 e. The van der Waals surface area contributed by atoms with Crippen molar-refractivity contribution in [3.8, 4) is 5.69 Å². The minimum atomic E-state index is -1.90. The molecule has 9 nitrogen and oxygen atoms in total. The second-order valence-electron chi connectivity index (χ2n) is 6.31. The summed E-state index contributed by atoms with van der Waals surface area (Å²) in [6, 6.07) is 9.00. The Kier molecular flexibility index (Phi) is 6.63. The molecular weight excluding hydrogens is 429 g/mol. The van der Waals surface area contributed by atoms with Gasteiger partial charge in [-0.3, -0.25) is 9.36 Å². The second kappa shape index (κ2) is 9.37. The standard InChI is InChI=1S/C20H17ClFN5O4/c21-13-10-25-17(26-18(28)20(30)31)7-16(13)27-6-5-15(12(8-23)19(27)29)24-9-11-3-1-2-4-14(11)22/h1-8,10,18,23-24,28H,9H2,(H,25,26)(H,30,31)/t18-/m1/s1. The Morgan fingerprint density at radius 1 is 1.35 bits per heavy atom. The van der Waals surface area contributed by atoms with Crippen molar-refractivity contribution in [3.05, 3.63) is 81.1 Å². The van der Waals surface area contributed by atoms with Crippen LogP contribution in [-0.2, 0) is 11.3 Å². The number of hydrogen-bond donors (Lipinski definition) is 5. The lowest BCUT2D eigenvalue weighted by Crippen LogP contribution is -2.29. The van der Waals surface area contributed by atoms with Crippen LogP contribution in [0.1, 0.15) is 11.1 Å². The lowest BCUT2D eigenvalue weighted by atomic mass is 10.2. The summed E-state index contributed by atoms with van der Waals surface area (Å²) >= 11 is 6.15. The lowest BCUT2D eigenvalue weighted by molar-refractivity contribution is -0.145. The molecule has 0 amide bonds. The molecule has 0 saturated carbocycles. The molecule has 0 fully saturated rings. The quantitative estimate of drug-likeness (QED) is 0.265. The van der Waals surface area contributed by atoms with Crippen LogP contribution in [0, 0.1) is 11.2 Å². The van der Waals surface area contributed by atoms with Crippen molar-refractivity contribution in [2.75, 3.05) is 10.6 Å². The summed E-state index contributed by atoms with van der Waals surface area (Å²) in [4.78, 5) is 27.6. The van der Waals surface area contributed by atoms with Gasteiger partial charge in [0, 0.05) is 30.6 Å². The molecule has 0 saturated heterocycles. The summed E-state index contributed by atoms with van der Waals surface area (Å²) in [6.45, 7) is 0.105. The molecular formula is C20H17ClFN5O4. The SMILES string of the molecule is N=Cc1c(NCc2ccccc2F)ccn(-c2cc(N[C@H](O)C(=O)O)ncc2Cl)c1=O. The number of hydrogen-bond acceptors (Lipinski definition) is 7.